The standard InChI is InChI=1S/3C17H20ClN2O5P.C6H15N.C5H4ClNO.3CH4/c3*1-12(2)23-17(21)13(3)20-26(22,24-15-7-5-4-6-8-15)25-16-9-14(18)10-19-11-16;1-4-7(5-2)6-3;6-4-1-5(8)3-7-2-4;;;/h3*4-13H,1-3H3,(H,20,22);4-6H2,1-3H3;1-3,8H;3*1H4/t13-,26?;13-,26+;13-,26-;;;;;/m000...../s1. The zero-order valence-electron chi connectivity index (χ0n) is 53.3. The van der Waals surface area contributed by atoms with E-state index in [1.54, 1.807) is 133 Å². The third-order valence-corrected chi connectivity index (χ3v) is 16.5. The van der Waals surface area contributed by atoms with Crippen LogP contribution in [0.15, 0.2) is 165 Å². The van der Waals surface area contributed by atoms with E-state index in [4.69, 9.17) is 92.9 Å². The second-order valence-corrected chi connectivity index (χ2v) is 26.6. The van der Waals surface area contributed by atoms with Gasteiger partial charge in [-0.3, -0.25) is 34.3 Å². The number of carbonyl (C=O) groups is 3. The molecule has 0 amide bonds. The number of esters is 3. The minimum Gasteiger partial charge on any atom is -0.506 e. The molecule has 0 saturated carbocycles. The number of nitrogens with one attached hydrogen (secondary N) is 3. The SMILES string of the molecule is C.C.C.CC(C)OC(=O)[C@H](C)NP(=O)(Oc1ccccc1)Oc1cncc(Cl)c1.CC(C)OC(=O)[C@H](C)N[P@@](=O)(Oc1ccccc1)Oc1cncc(Cl)c1.CC(C)OC(=O)[C@H](C)N[P@](=O)(Oc1ccccc1)Oc1cncc(Cl)c1.CCN(CC)CC.Oc1cncc(Cl)c1. The number of rotatable bonds is 27. The van der Waals surface area contributed by atoms with E-state index in [2.05, 4.69) is 60.9 Å². The first-order valence-electron chi connectivity index (χ1n) is 28.9. The maximum absolute atomic E-state index is 13.2. The van der Waals surface area contributed by atoms with Gasteiger partial charge in [-0.2, -0.15) is 15.3 Å². The Kier molecular flexibility index (Phi) is 42.8. The lowest BCUT2D eigenvalue weighted by Gasteiger charge is -2.23. The van der Waals surface area contributed by atoms with Gasteiger partial charge in [0.25, 0.3) is 0 Å². The predicted octanol–water partition coefficient (Wildman–Crippen LogP) is 17.4. The van der Waals surface area contributed by atoms with E-state index in [9.17, 15) is 28.1 Å². The monoisotopic (exact) mass is 1470 g/mol. The lowest BCUT2D eigenvalue weighted by atomic mass is 10.3. The molecule has 0 bridgehead atoms. The van der Waals surface area contributed by atoms with Crippen LogP contribution in [0.1, 0.15) is 105 Å². The van der Waals surface area contributed by atoms with E-state index in [0.29, 0.717) is 37.3 Å². The minimum atomic E-state index is -3.99. The molecular weight excluding hydrogens is 1380 g/mol. The van der Waals surface area contributed by atoms with Gasteiger partial charge < -0.3 is 51.4 Å². The van der Waals surface area contributed by atoms with Gasteiger partial charge >= 0.3 is 41.1 Å². The van der Waals surface area contributed by atoms with Crippen molar-refractivity contribution in [1.82, 2.24) is 40.1 Å². The van der Waals surface area contributed by atoms with Gasteiger partial charge in [-0.15, -0.1) is 0 Å². The molecule has 0 saturated heterocycles. The summed E-state index contributed by atoms with van der Waals surface area (Å²) in [5, 5.41) is 17.8. The normalized spacial score (nSPS) is 13.2. The molecule has 7 aromatic rings. The van der Waals surface area contributed by atoms with E-state index < -0.39 is 59.3 Å². The van der Waals surface area contributed by atoms with E-state index >= 15 is 0 Å². The number of hydrogen-bond donors (Lipinski definition) is 4. The number of benzene rings is 3. The fourth-order valence-corrected chi connectivity index (χ4v) is 11.9. The topological polar surface area (TPSA) is 297 Å². The fourth-order valence-electron chi connectivity index (χ4n) is 6.76. The van der Waals surface area contributed by atoms with Crippen LogP contribution in [0.25, 0.3) is 0 Å². The van der Waals surface area contributed by atoms with Crippen molar-refractivity contribution in [2.24, 2.45) is 0 Å². The van der Waals surface area contributed by atoms with Gasteiger partial charge in [-0.05, 0) is 118 Å². The fraction of sp³-hybridized carbons (Fsp3) is 0.369. The lowest BCUT2D eigenvalue weighted by molar-refractivity contribution is -0.149. The number of pyridine rings is 4. The number of ether oxygens (including phenoxy) is 3. The number of aromatic nitrogens is 4. The molecule has 3 aromatic carbocycles. The van der Waals surface area contributed by atoms with E-state index in [-0.39, 0.29) is 63.6 Å². The summed E-state index contributed by atoms with van der Waals surface area (Å²) < 4.78 is 88.0. The van der Waals surface area contributed by atoms with Crippen molar-refractivity contribution in [3.05, 3.63) is 185 Å². The van der Waals surface area contributed by atoms with Gasteiger partial charge in [0.2, 0.25) is 0 Å². The average Bonchev–Trinajstić information content (AvgIpc) is 0.850. The summed E-state index contributed by atoms with van der Waals surface area (Å²) in [7, 11) is -12.0. The summed E-state index contributed by atoms with van der Waals surface area (Å²) >= 11 is 23.1. The van der Waals surface area contributed by atoms with E-state index in [1.807, 2.05) is 0 Å². The molecule has 0 radical (unpaired) electrons. The van der Waals surface area contributed by atoms with Crippen molar-refractivity contribution in [3.63, 3.8) is 0 Å². The van der Waals surface area contributed by atoms with Crippen molar-refractivity contribution in [2.45, 2.75) is 142 Å². The summed E-state index contributed by atoms with van der Waals surface area (Å²) in [4.78, 5) is 53.7. The van der Waals surface area contributed by atoms with Crippen LogP contribution in [0.5, 0.6) is 40.2 Å². The van der Waals surface area contributed by atoms with Gasteiger partial charge in [0, 0.05) is 49.1 Å². The lowest BCUT2D eigenvalue weighted by Crippen LogP contribution is -2.36. The van der Waals surface area contributed by atoms with Crippen LogP contribution >= 0.6 is 69.6 Å². The van der Waals surface area contributed by atoms with Crippen LogP contribution in [0.2, 0.25) is 20.1 Å². The van der Waals surface area contributed by atoms with Crippen LogP contribution in [0.3, 0.4) is 0 Å². The predicted molar refractivity (Wildman–Crippen MR) is 380 cm³/mol. The third-order valence-electron chi connectivity index (χ3n) is 10.8. The molecular formula is C65H91Cl4N8O16P3. The molecule has 4 heterocycles. The Hall–Kier alpha value is -7.04. The highest BCUT2D eigenvalue weighted by Gasteiger charge is 2.37. The molecule has 6 atom stereocenters. The molecule has 0 spiro atoms. The first kappa shape index (κ1) is 89.0. The van der Waals surface area contributed by atoms with Crippen molar-refractivity contribution in [1.29, 1.82) is 0 Å². The second kappa shape index (κ2) is 46.2. The molecule has 0 aliphatic heterocycles. The average molecular weight is 1480 g/mol. The third kappa shape index (κ3) is 36.9. The zero-order chi connectivity index (χ0) is 69.2. The number of halogens is 4. The molecule has 24 nitrogen and oxygen atoms in total. The first-order chi connectivity index (χ1) is 43.9. The van der Waals surface area contributed by atoms with E-state index in [0.717, 1.165) is 0 Å². The highest BCUT2D eigenvalue weighted by Crippen LogP contribution is 2.48. The summed E-state index contributed by atoms with van der Waals surface area (Å²) in [5.74, 6) is -0.319. The van der Waals surface area contributed by atoms with Gasteiger partial charge in [-0.25, -0.2) is 13.7 Å². The quantitative estimate of drug-likeness (QED) is 0.0211. The van der Waals surface area contributed by atoms with Gasteiger partial charge in [0.1, 0.15) is 41.1 Å². The molecule has 0 aliphatic carbocycles. The Bertz CT molecular complexity index is 3170. The van der Waals surface area contributed by atoms with Crippen molar-refractivity contribution < 1.29 is 74.5 Å². The van der Waals surface area contributed by atoms with Crippen molar-refractivity contribution in [3.8, 4) is 40.2 Å². The molecule has 0 aliphatic rings. The largest absolute Gasteiger partial charge is 0.513 e. The van der Waals surface area contributed by atoms with Gasteiger partial charge in [-0.1, -0.05) is 144 Å². The molecule has 1 unspecified atom stereocenters. The number of aromatic hydroxyl groups is 1. The molecule has 31 heteroatoms. The van der Waals surface area contributed by atoms with Crippen LogP contribution in [-0.4, -0.2) is 104 Å². The maximum atomic E-state index is 13.2. The Morgan fingerprint density at radius 3 is 0.812 bits per heavy atom. The summed E-state index contributed by atoms with van der Waals surface area (Å²) in [6.45, 7) is 25.0. The second-order valence-electron chi connectivity index (χ2n) is 20.0. The first-order valence-corrected chi connectivity index (χ1v) is 35.0. The Balaban J connectivity index is 0.00000125. The van der Waals surface area contributed by atoms with Crippen LogP contribution < -0.4 is 42.4 Å². The van der Waals surface area contributed by atoms with E-state index in [1.165, 1.54) is 114 Å². The molecule has 4 aromatic heterocycles. The number of nitrogens with zero attached hydrogens (tertiary/aromatic N) is 5. The van der Waals surface area contributed by atoms with Crippen LogP contribution in [-0.2, 0) is 42.3 Å². The van der Waals surface area contributed by atoms with Gasteiger partial charge in [0.05, 0.1) is 63.2 Å². The highest BCUT2D eigenvalue weighted by molar-refractivity contribution is 7.53. The van der Waals surface area contributed by atoms with Gasteiger partial charge in [0.15, 0.2) is 17.2 Å². The number of para-hydroxylation sites is 3. The van der Waals surface area contributed by atoms with Crippen molar-refractivity contribution in [2.75, 3.05) is 19.6 Å². The maximum Gasteiger partial charge on any atom is 0.513 e. The summed E-state index contributed by atoms with van der Waals surface area (Å²) in [6, 6.07) is 28.3. The Morgan fingerprint density at radius 2 is 0.625 bits per heavy atom. The molecule has 7 rings (SSSR count). The Labute approximate surface area is 585 Å². The molecule has 0 fully saturated rings. The number of carbonyl (C=O) groups excluding carboxylic acids is 3. The summed E-state index contributed by atoms with van der Waals surface area (Å²) in [5.41, 5.74) is 0. The molecule has 530 valence electrons. The number of hydrogen-bond acceptors (Lipinski definition) is 21. The molecule has 96 heavy (non-hydrogen) atoms. The van der Waals surface area contributed by atoms with Crippen LogP contribution in [0, 0.1) is 0 Å². The zero-order valence-corrected chi connectivity index (χ0v) is 59.0. The smallest absolute Gasteiger partial charge is 0.506 e. The molecule has 4 N–H and O–H groups in total. The van der Waals surface area contributed by atoms with Crippen molar-refractivity contribution >= 4 is 87.6 Å². The Morgan fingerprint density at radius 1 is 0.396 bits per heavy atom. The minimum absolute atomic E-state index is 0. The summed E-state index contributed by atoms with van der Waals surface area (Å²) in [6.07, 6.45) is 10.1. The highest BCUT2D eigenvalue weighted by atomic mass is 35.5. The van der Waals surface area contributed by atoms with Crippen LogP contribution in [0.4, 0.5) is 0 Å².